The number of halogens is 28. The Morgan fingerprint density at radius 3 is 0.681 bits per heavy atom. The van der Waals surface area contributed by atoms with Crippen LogP contribution < -0.4 is 78.1 Å². The van der Waals surface area contributed by atoms with E-state index in [9.17, 15) is 155 Å². The molecule has 504 valence electrons. The minimum Gasteiger partial charge on any atom is -0.426 e. The van der Waals surface area contributed by atoms with E-state index in [-0.39, 0.29) is 120 Å². The Labute approximate surface area is 570 Å². The van der Waals surface area contributed by atoms with Gasteiger partial charge in [-0.2, -0.15) is 119 Å². The van der Waals surface area contributed by atoms with Crippen molar-refractivity contribution in [2.45, 2.75) is 81.3 Å². The fraction of sp³-hybridized carbons (Fsp3) is 0.306. The third-order valence-electron chi connectivity index (χ3n) is 8.77. The van der Waals surface area contributed by atoms with Crippen molar-refractivity contribution in [2.75, 3.05) is 0 Å². The second-order valence-corrected chi connectivity index (χ2v) is 28.6. The number of nitrogens with zero attached hydrogens (tertiary/aromatic N) is 3. The fourth-order valence-electron chi connectivity index (χ4n) is 5.08. The van der Waals surface area contributed by atoms with E-state index in [1.165, 1.54) is 47.0 Å². The molecule has 0 saturated heterocycles. The van der Waals surface area contributed by atoms with Crippen LogP contribution in [0.25, 0.3) is 30.5 Å². The van der Waals surface area contributed by atoms with Crippen LogP contribution in [0, 0.1) is 11.3 Å². The monoisotopic (exact) mass is 1750 g/mol. The fourth-order valence-corrected chi connectivity index (χ4v) is 11.3. The molecule has 19 nitrogen and oxygen atoms in total. The average Bonchev–Trinajstić information content (AvgIpc) is 2.91. The maximum absolute atomic E-state index is 13.9. The van der Waals surface area contributed by atoms with Crippen LogP contribution in [-0.4, -0.2) is 105 Å². The summed E-state index contributed by atoms with van der Waals surface area (Å²) in [6.45, 7) is 1.43. The van der Waals surface area contributed by atoms with Crippen molar-refractivity contribution in [3.8, 4) is 51.3 Å². The van der Waals surface area contributed by atoms with Crippen LogP contribution in [0.2, 0.25) is 0 Å². The SMILES string of the molecule is CC#N.O=S(=O)(F)c1cc(-c2ccc(OC(F)(F)C(F)(F)Br)c(S(=O)(=O)F)c2)ccc1OC(F)(F)C(F)(F)Br.O=S(=O)([N-]S(=O)(=O)C(F)(F)F)c1cc(-c2ccc(OC(F)(F)C(F)(F)Br)c(S(=O)(=O)[N-]S(=O)(=O)C(F)(F)F)c2)ccc1OC(F)(F)C(F)(F)Br.[Na+].[Na+]. The van der Waals surface area contributed by atoms with E-state index >= 15 is 0 Å². The molecule has 4 rings (SSSR count). The van der Waals surface area contributed by atoms with Crippen molar-refractivity contribution in [1.29, 1.82) is 5.26 Å². The van der Waals surface area contributed by atoms with E-state index in [0.29, 0.717) is 12.1 Å². The molecule has 0 amide bonds. The number of sulfonamides is 4. The van der Waals surface area contributed by atoms with Gasteiger partial charge in [0.15, 0.2) is 20.0 Å². The van der Waals surface area contributed by atoms with Crippen molar-refractivity contribution in [3.05, 3.63) is 81.1 Å². The third kappa shape index (κ3) is 22.8. The molecule has 0 aliphatic heterocycles. The topological polar surface area (TPSA) is 294 Å². The Morgan fingerprint density at radius 1 is 0.363 bits per heavy atom. The molecule has 0 fully saturated rings. The molecule has 0 spiro atoms. The predicted molar refractivity (Wildman–Crippen MR) is 260 cm³/mol. The van der Waals surface area contributed by atoms with Crippen molar-refractivity contribution >= 4 is 124 Å². The van der Waals surface area contributed by atoms with Gasteiger partial charge in [0.25, 0.3) is 0 Å². The second kappa shape index (κ2) is 29.6. The van der Waals surface area contributed by atoms with Gasteiger partial charge in [-0.1, -0.05) is 24.3 Å². The molecule has 0 aliphatic carbocycles. The maximum Gasteiger partial charge on any atom is 1.00 e. The Bertz CT molecular complexity index is 3830. The summed E-state index contributed by atoms with van der Waals surface area (Å²) in [5.41, 5.74) is -16.6. The maximum atomic E-state index is 13.9. The van der Waals surface area contributed by atoms with E-state index in [4.69, 9.17) is 5.26 Å². The Hall–Kier alpha value is -2.57. The van der Waals surface area contributed by atoms with Crippen LogP contribution >= 0.6 is 63.7 Å². The Kier molecular flexibility index (Phi) is 28.8. The van der Waals surface area contributed by atoms with Crippen LogP contribution in [-0.2, 0) is 60.5 Å². The van der Waals surface area contributed by atoms with Crippen molar-refractivity contribution in [2.24, 2.45) is 0 Å². The number of alkyl halides is 26. The molecule has 0 bridgehead atoms. The van der Waals surface area contributed by atoms with Crippen molar-refractivity contribution in [3.63, 3.8) is 0 Å². The normalized spacial score (nSPS) is 13.8. The summed E-state index contributed by atoms with van der Waals surface area (Å²) in [6.07, 6.45) is -22.5. The third-order valence-corrected chi connectivity index (χ3v) is 18.4. The van der Waals surface area contributed by atoms with Crippen molar-refractivity contribution in [1.82, 2.24) is 0 Å². The predicted octanol–water partition coefficient (Wildman–Crippen LogP) is 8.22. The van der Waals surface area contributed by atoms with Crippen LogP contribution in [0.1, 0.15) is 6.92 Å². The van der Waals surface area contributed by atoms with Gasteiger partial charge in [0.05, 0.1) is 15.9 Å². The molecule has 0 unspecified atom stereocenters. The minimum atomic E-state index is -7.12. The number of ether oxygens (including phenoxy) is 4. The van der Waals surface area contributed by atoms with Crippen LogP contribution in [0.4, 0.5) is 104 Å². The standard InChI is InChI=1S/C18H6Br2F14N2O10S4.C16H6Br2F10O6S2.C2H3N.2Na/c19-13(21,22)15(25,26)45-9-3-1-7(5-11(9)47(37,38)35-49(41,42)17(29,30)31)8-2-4-10(46-16(27,28)14(20,23)24)12(6-8)48(39,40)36-50(43,44)18(32,33)34;17-13(19,20)15(23,24)33-9-3-1-7(5-11(9)35(27,29)30)8-2-4-10(12(6-8)36(28,31)32)34-16(25,26)14(18,21)22;1-2-3;;/h1-6H;1-6H;1H3;;/q-2;;;2*+1. The molecule has 0 atom stereocenters. The zero-order valence-corrected chi connectivity index (χ0v) is 57.6. The summed E-state index contributed by atoms with van der Waals surface area (Å²) in [6, 6.07) is 3.26. The zero-order valence-electron chi connectivity index (χ0n) is 42.3. The summed E-state index contributed by atoms with van der Waals surface area (Å²) in [4.78, 5) is -29.0. The molecule has 4 aromatic rings. The first-order valence-electron chi connectivity index (χ1n) is 20.0. The van der Waals surface area contributed by atoms with Gasteiger partial charge in [-0.3, -0.25) is 0 Å². The molecule has 91 heavy (non-hydrogen) atoms. The van der Waals surface area contributed by atoms with Gasteiger partial charge in [0, 0.05) is 70.6 Å². The second-order valence-electron chi connectivity index (χ2n) is 15.2. The van der Waals surface area contributed by atoms with Crippen molar-refractivity contribution < 1.29 is 233 Å². The largest absolute Gasteiger partial charge is 1.00 e. The molecule has 0 aromatic heterocycles. The molecule has 55 heteroatoms. The Morgan fingerprint density at radius 2 is 0.527 bits per heavy atom. The summed E-state index contributed by atoms with van der Waals surface area (Å²) in [5, 5.41) is 7.32. The van der Waals surface area contributed by atoms with Gasteiger partial charge >= 0.3 is 134 Å². The van der Waals surface area contributed by atoms with Gasteiger partial charge < -0.3 is 27.2 Å². The first-order chi connectivity index (χ1) is 39.1. The van der Waals surface area contributed by atoms with Crippen LogP contribution in [0.5, 0.6) is 23.0 Å². The molecule has 0 aliphatic rings. The van der Waals surface area contributed by atoms with Gasteiger partial charge in [0.2, 0.25) is 0 Å². The quantitative estimate of drug-likeness (QED) is 0.0310. The Balaban J connectivity index is 0.00000175. The molecule has 0 saturated carbocycles. The summed E-state index contributed by atoms with van der Waals surface area (Å²) < 4.78 is 478. The number of hydrogen-bond donors (Lipinski definition) is 0. The zero-order chi connectivity index (χ0) is 70.4. The molecule has 0 radical (unpaired) electrons. The molecular weight excluding hydrogens is 1740 g/mol. The van der Waals surface area contributed by atoms with Gasteiger partial charge in [-0.15, -0.1) is 7.77 Å². The van der Waals surface area contributed by atoms with E-state index in [1.54, 1.807) is 6.07 Å². The number of rotatable bonds is 22. The summed E-state index contributed by atoms with van der Waals surface area (Å²) >= 11 is 4.86. The smallest absolute Gasteiger partial charge is 0.426 e. The summed E-state index contributed by atoms with van der Waals surface area (Å²) in [7, 11) is -39.3. The number of hydrogen-bond acceptors (Lipinski definition) is 17. The first kappa shape index (κ1) is 88.4. The van der Waals surface area contributed by atoms with E-state index < -0.39 is 180 Å². The molecule has 4 aromatic carbocycles. The van der Waals surface area contributed by atoms with E-state index in [1.807, 2.05) is 0 Å². The van der Waals surface area contributed by atoms with Gasteiger partial charge in [-0.05, 0) is 70.8 Å². The number of benzene rings is 4. The average molecular weight is 1760 g/mol. The van der Waals surface area contributed by atoms with E-state index in [2.05, 4.69) is 18.9 Å². The van der Waals surface area contributed by atoms with Gasteiger partial charge in [0.1, 0.15) is 52.8 Å². The molecule has 0 N–H and O–H groups in total. The first-order valence-corrected chi connectivity index (χ1v) is 31.7. The minimum absolute atomic E-state index is 0. The van der Waals surface area contributed by atoms with Crippen LogP contribution in [0.15, 0.2) is 92.4 Å². The molecular formula is C36H15Br4F24N3Na2O16S6. The van der Waals surface area contributed by atoms with Crippen LogP contribution in [0.3, 0.4) is 0 Å². The summed E-state index contributed by atoms with van der Waals surface area (Å²) in [5.74, 6) is -7.50. The molecule has 0 heterocycles. The number of nitriles is 1. The van der Waals surface area contributed by atoms with Gasteiger partial charge in [-0.25, -0.2) is 33.7 Å². The van der Waals surface area contributed by atoms with E-state index in [0.717, 1.165) is 31.9 Å².